The molecule has 1 aromatic heterocycles. The van der Waals surface area contributed by atoms with Gasteiger partial charge in [0.25, 0.3) is 0 Å². The maximum absolute atomic E-state index is 13.4. The SMILES string of the molecule is CN=C(NCCCN1CCN(c2ncccn2)CC1)N(C)Cc1cccc(F)c1.I. The number of guanidine groups is 1. The Bertz CT molecular complexity index is 782. The van der Waals surface area contributed by atoms with Crippen LogP contribution in [0.15, 0.2) is 47.7 Å². The van der Waals surface area contributed by atoms with Crippen LogP contribution in [-0.2, 0) is 6.54 Å². The molecule has 0 amide bonds. The Kier molecular flexibility index (Phi) is 10.2. The summed E-state index contributed by atoms with van der Waals surface area (Å²) < 4.78 is 13.4. The number of hydrogen-bond acceptors (Lipinski definition) is 5. The first-order chi connectivity index (χ1) is 14.2. The Hall–Kier alpha value is -2.01. The van der Waals surface area contributed by atoms with Gasteiger partial charge >= 0.3 is 0 Å². The average Bonchev–Trinajstić information content (AvgIpc) is 2.75. The Balaban J connectivity index is 0.00000320. The lowest BCUT2D eigenvalue weighted by atomic mass is 10.2. The van der Waals surface area contributed by atoms with Gasteiger partial charge in [0.1, 0.15) is 5.82 Å². The first-order valence-electron chi connectivity index (χ1n) is 10.1. The molecular formula is C21H31FIN7. The van der Waals surface area contributed by atoms with Gasteiger partial charge in [-0.2, -0.15) is 0 Å². The summed E-state index contributed by atoms with van der Waals surface area (Å²) in [5, 5.41) is 3.40. The summed E-state index contributed by atoms with van der Waals surface area (Å²) in [4.78, 5) is 19.7. The fourth-order valence-electron chi connectivity index (χ4n) is 3.50. The summed E-state index contributed by atoms with van der Waals surface area (Å²) in [5.74, 6) is 1.43. The van der Waals surface area contributed by atoms with Crippen LogP contribution in [0, 0.1) is 5.82 Å². The average molecular weight is 527 g/mol. The van der Waals surface area contributed by atoms with Gasteiger partial charge in [-0.1, -0.05) is 12.1 Å². The maximum atomic E-state index is 13.4. The summed E-state index contributed by atoms with van der Waals surface area (Å²) in [5.41, 5.74) is 0.927. The number of halogens is 2. The number of rotatable bonds is 7. The molecule has 0 bridgehead atoms. The molecule has 0 saturated carbocycles. The van der Waals surface area contributed by atoms with Crippen LogP contribution < -0.4 is 10.2 Å². The zero-order chi connectivity index (χ0) is 20.5. The van der Waals surface area contributed by atoms with E-state index in [1.807, 2.05) is 24.1 Å². The van der Waals surface area contributed by atoms with Gasteiger partial charge in [-0.25, -0.2) is 14.4 Å². The molecule has 7 nitrogen and oxygen atoms in total. The molecule has 1 aliphatic heterocycles. The number of piperazine rings is 1. The highest BCUT2D eigenvalue weighted by Gasteiger charge is 2.18. The molecule has 30 heavy (non-hydrogen) atoms. The number of benzene rings is 1. The molecule has 164 valence electrons. The Morgan fingerprint density at radius 2 is 1.90 bits per heavy atom. The van der Waals surface area contributed by atoms with Crippen LogP contribution in [0.2, 0.25) is 0 Å². The lowest BCUT2D eigenvalue weighted by Gasteiger charge is -2.34. The van der Waals surface area contributed by atoms with Crippen molar-refractivity contribution < 1.29 is 4.39 Å². The van der Waals surface area contributed by atoms with Gasteiger partial charge in [0, 0.05) is 65.8 Å². The van der Waals surface area contributed by atoms with Crippen molar-refractivity contribution in [3.8, 4) is 0 Å². The van der Waals surface area contributed by atoms with E-state index < -0.39 is 0 Å². The molecular weight excluding hydrogens is 496 g/mol. The van der Waals surface area contributed by atoms with E-state index in [1.54, 1.807) is 31.6 Å². The number of aromatic nitrogens is 2. The van der Waals surface area contributed by atoms with Gasteiger partial charge < -0.3 is 15.1 Å². The van der Waals surface area contributed by atoms with Crippen LogP contribution in [0.25, 0.3) is 0 Å². The quantitative estimate of drug-likeness (QED) is 0.259. The van der Waals surface area contributed by atoms with Gasteiger partial charge in [0.15, 0.2) is 5.96 Å². The monoisotopic (exact) mass is 527 g/mol. The molecule has 0 radical (unpaired) electrons. The summed E-state index contributed by atoms with van der Waals surface area (Å²) >= 11 is 0. The van der Waals surface area contributed by atoms with E-state index in [4.69, 9.17) is 0 Å². The van der Waals surface area contributed by atoms with Crippen molar-refractivity contribution in [2.45, 2.75) is 13.0 Å². The fraction of sp³-hybridized carbons (Fsp3) is 0.476. The Morgan fingerprint density at radius 1 is 1.17 bits per heavy atom. The molecule has 2 heterocycles. The minimum Gasteiger partial charge on any atom is -0.356 e. The van der Waals surface area contributed by atoms with Crippen molar-refractivity contribution in [1.82, 2.24) is 25.1 Å². The summed E-state index contributed by atoms with van der Waals surface area (Å²) in [6, 6.07) is 8.52. The molecule has 1 N–H and O–H groups in total. The third-order valence-electron chi connectivity index (χ3n) is 5.02. The van der Waals surface area contributed by atoms with Crippen LogP contribution in [0.3, 0.4) is 0 Å². The Morgan fingerprint density at radius 3 is 2.57 bits per heavy atom. The van der Waals surface area contributed by atoms with Gasteiger partial charge in [-0.3, -0.25) is 9.89 Å². The Labute approximate surface area is 195 Å². The third kappa shape index (κ3) is 7.35. The van der Waals surface area contributed by atoms with Gasteiger partial charge in [0.05, 0.1) is 0 Å². The predicted octanol–water partition coefficient (Wildman–Crippen LogP) is 2.45. The minimum atomic E-state index is -0.210. The first-order valence-corrected chi connectivity index (χ1v) is 10.1. The van der Waals surface area contributed by atoms with Crippen molar-refractivity contribution >= 4 is 35.9 Å². The molecule has 2 aromatic rings. The molecule has 0 atom stereocenters. The minimum absolute atomic E-state index is 0. The van der Waals surface area contributed by atoms with Crippen molar-refractivity contribution in [3.05, 3.63) is 54.1 Å². The lowest BCUT2D eigenvalue weighted by molar-refractivity contribution is 0.254. The highest BCUT2D eigenvalue weighted by atomic mass is 127. The van der Waals surface area contributed by atoms with Crippen LogP contribution >= 0.6 is 24.0 Å². The van der Waals surface area contributed by atoms with Crippen LogP contribution in [-0.4, -0.2) is 79.1 Å². The largest absolute Gasteiger partial charge is 0.356 e. The lowest BCUT2D eigenvalue weighted by Crippen LogP contribution is -2.47. The fourth-order valence-corrected chi connectivity index (χ4v) is 3.50. The molecule has 0 aliphatic carbocycles. The summed E-state index contributed by atoms with van der Waals surface area (Å²) in [6.07, 6.45) is 4.62. The van der Waals surface area contributed by atoms with Crippen molar-refractivity contribution in [2.75, 3.05) is 58.3 Å². The van der Waals surface area contributed by atoms with Crippen LogP contribution in [0.1, 0.15) is 12.0 Å². The second-order valence-corrected chi connectivity index (χ2v) is 7.19. The molecule has 3 rings (SSSR count). The zero-order valence-corrected chi connectivity index (χ0v) is 20.0. The summed E-state index contributed by atoms with van der Waals surface area (Å²) in [7, 11) is 3.74. The number of aliphatic imine (C=N–C) groups is 1. The van der Waals surface area contributed by atoms with Crippen LogP contribution in [0.5, 0.6) is 0 Å². The smallest absolute Gasteiger partial charge is 0.225 e. The number of nitrogens with one attached hydrogen (secondary N) is 1. The number of nitrogens with zero attached hydrogens (tertiary/aromatic N) is 6. The maximum Gasteiger partial charge on any atom is 0.225 e. The number of anilines is 1. The second kappa shape index (κ2) is 12.6. The van der Waals surface area contributed by atoms with Gasteiger partial charge in [0.2, 0.25) is 5.95 Å². The molecule has 0 unspecified atom stereocenters. The normalized spacial score (nSPS) is 14.9. The molecule has 1 saturated heterocycles. The standard InChI is InChI=1S/C21H30FN7.HI/c1-23-20(27(2)17-18-6-3-7-19(22)16-18)24-10-5-11-28-12-14-29(15-13-28)21-25-8-4-9-26-21;/h3-4,6-9,16H,5,10-15,17H2,1-2H3,(H,23,24);1H. The van der Waals surface area contributed by atoms with E-state index in [0.29, 0.717) is 6.54 Å². The topological polar surface area (TPSA) is 59.9 Å². The zero-order valence-electron chi connectivity index (χ0n) is 17.7. The van der Waals surface area contributed by atoms with Crippen molar-refractivity contribution in [2.24, 2.45) is 4.99 Å². The number of hydrogen-bond donors (Lipinski definition) is 1. The van der Waals surface area contributed by atoms with E-state index in [1.165, 1.54) is 6.07 Å². The van der Waals surface area contributed by atoms with Crippen LogP contribution in [0.4, 0.5) is 10.3 Å². The molecule has 1 aliphatic rings. The predicted molar refractivity (Wildman–Crippen MR) is 130 cm³/mol. The van der Waals surface area contributed by atoms with Crippen molar-refractivity contribution in [3.63, 3.8) is 0 Å². The molecule has 1 fully saturated rings. The molecule has 9 heteroatoms. The second-order valence-electron chi connectivity index (χ2n) is 7.19. The van der Waals surface area contributed by atoms with E-state index in [9.17, 15) is 4.39 Å². The van der Waals surface area contributed by atoms with E-state index >= 15 is 0 Å². The highest BCUT2D eigenvalue weighted by molar-refractivity contribution is 14.0. The van der Waals surface area contributed by atoms with Gasteiger partial charge in [-0.05, 0) is 36.7 Å². The highest BCUT2D eigenvalue weighted by Crippen LogP contribution is 2.10. The molecule has 1 aromatic carbocycles. The van der Waals surface area contributed by atoms with E-state index in [-0.39, 0.29) is 29.8 Å². The van der Waals surface area contributed by atoms with E-state index in [0.717, 1.165) is 63.2 Å². The van der Waals surface area contributed by atoms with Crippen molar-refractivity contribution in [1.29, 1.82) is 0 Å². The summed E-state index contributed by atoms with van der Waals surface area (Å²) in [6.45, 7) is 6.45. The van der Waals surface area contributed by atoms with E-state index in [2.05, 4.69) is 30.1 Å². The van der Waals surface area contributed by atoms with Gasteiger partial charge in [-0.15, -0.1) is 24.0 Å². The first kappa shape index (κ1) is 24.3. The third-order valence-corrected chi connectivity index (χ3v) is 5.02. The molecule has 0 spiro atoms.